The van der Waals surface area contributed by atoms with Gasteiger partial charge >= 0.3 is 0 Å². The molecule has 0 spiro atoms. The fourth-order valence-electron chi connectivity index (χ4n) is 5.36. The molecule has 0 bridgehead atoms. The van der Waals surface area contributed by atoms with Crippen molar-refractivity contribution in [3.8, 4) is 0 Å². The third kappa shape index (κ3) is 5.43. The number of Topliss-reactive ketones (excluding diaryl/α,β-unsaturated/α-hetero) is 2. The van der Waals surface area contributed by atoms with Crippen LogP contribution in [0.5, 0.6) is 0 Å². The van der Waals surface area contributed by atoms with E-state index >= 15 is 0 Å². The van der Waals surface area contributed by atoms with Crippen LogP contribution in [-0.2, 0) is 16.1 Å². The van der Waals surface area contributed by atoms with Crippen molar-refractivity contribution in [2.24, 2.45) is 23.2 Å². The normalized spacial score (nSPS) is 22.2. The number of carbonyl (C=O) groups excluding carboxylic acids is 3. The Hall–Kier alpha value is -2.75. The molecule has 0 aliphatic heterocycles. The number of carbonyl (C=O) groups is 3. The van der Waals surface area contributed by atoms with Crippen molar-refractivity contribution < 1.29 is 14.4 Å². The van der Waals surface area contributed by atoms with Crippen molar-refractivity contribution in [3.05, 3.63) is 71.3 Å². The molecule has 0 saturated heterocycles. The lowest BCUT2D eigenvalue weighted by molar-refractivity contribution is -0.129. The van der Waals surface area contributed by atoms with Gasteiger partial charge in [0, 0.05) is 23.9 Å². The molecule has 1 N–H and O–H groups in total. The molecular weight excluding hydrogens is 410 g/mol. The van der Waals surface area contributed by atoms with Crippen LogP contribution in [0.15, 0.2) is 54.6 Å². The molecule has 33 heavy (non-hydrogen) atoms. The molecule has 4 heteroatoms. The summed E-state index contributed by atoms with van der Waals surface area (Å²) in [5.41, 5.74) is 1.73. The van der Waals surface area contributed by atoms with Crippen molar-refractivity contribution >= 4 is 17.5 Å². The lowest BCUT2D eigenvalue weighted by Gasteiger charge is -2.35. The SMILES string of the molecule is Cc1ccccc1C(=O)C(C)(CC1CCC(C(=O)NCc2ccccc2)CC1)C(=O)C1CC1. The Labute approximate surface area is 197 Å². The quantitative estimate of drug-likeness (QED) is 0.399. The Morgan fingerprint density at radius 2 is 1.45 bits per heavy atom. The van der Waals surface area contributed by atoms with Crippen LogP contribution in [0.4, 0.5) is 0 Å². The molecule has 1 atom stereocenters. The standard InChI is InChI=1S/C29H35NO3/c1-20-8-6-7-11-25(20)27(32)29(2,26(31)23-16-17-23)18-21-12-14-24(15-13-21)28(33)30-19-22-9-4-3-5-10-22/h3-11,21,23-24H,12-19H2,1-2H3,(H,30,33). The first kappa shape index (κ1) is 23.4. The summed E-state index contributed by atoms with van der Waals surface area (Å²) in [6.45, 7) is 4.37. The lowest BCUT2D eigenvalue weighted by atomic mass is 9.67. The largest absolute Gasteiger partial charge is 0.352 e. The van der Waals surface area contributed by atoms with E-state index in [9.17, 15) is 14.4 Å². The van der Waals surface area contributed by atoms with Crippen LogP contribution < -0.4 is 5.32 Å². The summed E-state index contributed by atoms with van der Waals surface area (Å²) in [5.74, 6) is 0.568. The molecule has 4 rings (SSSR count). The molecule has 0 heterocycles. The summed E-state index contributed by atoms with van der Waals surface area (Å²) in [7, 11) is 0. The molecule has 4 nitrogen and oxygen atoms in total. The van der Waals surface area contributed by atoms with Gasteiger partial charge in [0.2, 0.25) is 5.91 Å². The van der Waals surface area contributed by atoms with Crippen LogP contribution in [0.1, 0.15) is 73.4 Å². The van der Waals surface area contributed by atoms with Gasteiger partial charge in [-0.1, -0.05) is 54.6 Å². The Kier molecular flexibility index (Phi) is 7.11. The van der Waals surface area contributed by atoms with Crippen molar-refractivity contribution in [2.45, 2.75) is 65.3 Å². The first-order valence-corrected chi connectivity index (χ1v) is 12.3. The maximum atomic E-state index is 13.6. The number of hydrogen-bond acceptors (Lipinski definition) is 3. The molecule has 1 amide bonds. The minimum atomic E-state index is -0.972. The van der Waals surface area contributed by atoms with E-state index in [-0.39, 0.29) is 29.3 Å². The number of hydrogen-bond donors (Lipinski definition) is 1. The topological polar surface area (TPSA) is 63.2 Å². The number of benzene rings is 2. The molecule has 2 aromatic rings. The van der Waals surface area contributed by atoms with E-state index in [1.165, 1.54) is 0 Å². The maximum Gasteiger partial charge on any atom is 0.223 e. The van der Waals surface area contributed by atoms with Gasteiger partial charge in [0.05, 0.1) is 5.41 Å². The zero-order chi connectivity index (χ0) is 23.4. The van der Waals surface area contributed by atoms with Gasteiger partial charge in [-0.3, -0.25) is 14.4 Å². The van der Waals surface area contributed by atoms with Gasteiger partial charge in [-0.05, 0) is 75.8 Å². The lowest BCUT2D eigenvalue weighted by Crippen LogP contribution is -2.41. The number of amides is 1. The highest BCUT2D eigenvalue weighted by Crippen LogP contribution is 2.45. The van der Waals surface area contributed by atoms with E-state index in [0.29, 0.717) is 24.4 Å². The minimum Gasteiger partial charge on any atom is -0.352 e. The Morgan fingerprint density at radius 3 is 2.09 bits per heavy atom. The third-order valence-corrected chi connectivity index (χ3v) is 7.61. The van der Waals surface area contributed by atoms with Crippen molar-refractivity contribution in [1.29, 1.82) is 0 Å². The smallest absolute Gasteiger partial charge is 0.223 e. The van der Waals surface area contributed by atoms with E-state index in [0.717, 1.165) is 49.7 Å². The Balaban J connectivity index is 1.38. The van der Waals surface area contributed by atoms with Crippen molar-refractivity contribution in [1.82, 2.24) is 5.32 Å². The van der Waals surface area contributed by atoms with Crippen molar-refractivity contribution in [3.63, 3.8) is 0 Å². The van der Waals surface area contributed by atoms with Gasteiger partial charge in [-0.15, -0.1) is 0 Å². The van der Waals surface area contributed by atoms with Crippen LogP contribution in [0.25, 0.3) is 0 Å². The molecule has 2 fully saturated rings. The zero-order valence-electron chi connectivity index (χ0n) is 19.8. The summed E-state index contributed by atoms with van der Waals surface area (Å²) < 4.78 is 0. The number of ketones is 2. The van der Waals surface area contributed by atoms with Gasteiger partial charge < -0.3 is 5.32 Å². The second-order valence-corrected chi connectivity index (χ2v) is 10.2. The Bertz CT molecular complexity index is 1000. The predicted molar refractivity (Wildman–Crippen MR) is 130 cm³/mol. The van der Waals surface area contributed by atoms with Gasteiger partial charge in [0.25, 0.3) is 0 Å². The van der Waals surface area contributed by atoms with E-state index in [2.05, 4.69) is 5.32 Å². The fourth-order valence-corrected chi connectivity index (χ4v) is 5.36. The maximum absolute atomic E-state index is 13.6. The van der Waals surface area contributed by atoms with E-state index < -0.39 is 5.41 Å². The second-order valence-electron chi connectivity index (χ2n) is 10.2. The first-order chi connectivity index (χ1) is 15.9. The average molecular weight is 446 g/mol. The number of rotatable bonds is 9. The third-order valence-electron chi connectivity index (χ3n) is 7.61. The number of aryl methyl sites for hydroxylation is 1. The predicted octanol–water partition coefficient (Wildman–Crippen LogP) is 5.68. The van der Waals surface area contributed by atoms with Gasteiger partial charge in [0.1, 0.15) is 5.78 Å². The molecule has 2 aromatic carbocycles. The monoisotopic (exact) mass is 445 g/mol. The zero-order valence-corrected chi connectivity index (χ0v) is 19.8. The number of nitrogens with one attached hydrogen (secondary N) is 1. The van der Waals surface area contributed by atoms with Crippen LogP contribution in [0, 0.1) is 30.1 Å². The molecule has 0 aromatic heterocycles. The molecule has 0 radical (unpaired) electrons. The summed E-state index contributed by atoms with van der Waals surface area (Å²) >= 11 is 0. The van der Waals surface area contributed by atoms with E-state index in [4.69, 9.17) is 0 Å². The summed E-state index contributed by atoms with van der Waals surface area (Å²) in [6.07, 6.45) is 5.81. The van der Waals surface area contributed by atoms with Crippen molar-refractivity contribution in [2.75, 3.05) is 0 Å². The molecule has 2 aliphatic carbocycles. The molecule has 2 aliphatic rings. The minimum absolute atomic E-state index is 0.0161. The Morgan fingerprint density at radius 1 is 0.848 bits per heavy atom. The molecule has 2 saturated carbocycles. The first-order valence-electron chi connectivity index (χ1n) is 12.3. The van der Waals surface area contributed by atoms with Gasteiger partial charge in [-0.25, -0.2) is 0 Å². The second kappa shape index (κ2) is 10.0. The van der Waals surface area contributed by atoms with Crippen LogP contribution in [0.3, 0.4) is 0 Å². The van der Waals surface area contributed by atoms with E-state index in [1.807, 2.05) is 68.4 Å². The molecule has 1 unspecified atom stereocenters. The average Bonchev–Trinajstić information content (AvgIpc) is 3.68. The highest BCUT2D eigenvalue weighted by molar-refractivity contribution is 6.15. The molecule has 174 valence electrons. The summed E-state index contributed by atoms with van der Waals surface area (Å²) in [6, 6.07) is 17.5. The fraction of sp³-hybridized carbons (Fsp3) is 0.483. The van der Waals surface area contributed by atoms with Gasteiger partial charge in [0.15, 0.2) is 5.78 Å². The van der Waals surface area contributed by atoms with Crippen LogP contribution in [0.2, 0.25) is 0 Å². The molecular formula is C29H35NO3. The van der Waals surface area contributed by atoms with Crippen LogP contribution >= 0.6 is 0 Å². The van der Waals surface area contributed by atoms with Gasteiger partial charge in [-0.2, -0.15) is 0 Å². The summed E-state index contributed by atoms with van der Waals surface area (Å²) in [4.78, 5) is 39.7. The van der Waals surface area contributed by atoms with E-state index in [1.54, 1.807) is 0 Å². The van der Waals surface area contributed by atoms with Crippen LogP contribution in [-0.4, -0.2) is 17.5 Å². The summed E-state index contributed by atoms with van der Waals surface area (Å²) in [5, 5.41) is 3.07. The highest BCUT2D eigenvalue weighted by atomic mass is 16.2. The highest BCUT2D eigenvalue weighted by Gasteiger charge is 2.49.